The molecule has 1 rings (SSSR count). The van der Waals surface area contributed by atoms with Crippen LogP contribution in [-0.4, -0.2) is 18.0 Å². The van der Waals surface area contributed by atoms with E-state index in [0.29, 0.717) is 6.07 Å². The summed E-state index contributed by atoms with van der Waals surface area (Å²) in [5, 5.41) is 2.26. The van der Waals surface area contributed by atoms with Crippen molar-refractivity contribution in [1.82, 2.24) is 0 Å². The maximum Gasteiger partial charge on any atom is 0.306 e. The summed E-state index contributed by atoms with van der Waals surface area (Å²) in [6.45, 7) is 3.40. The molecule has 6 heteroatoms. The van der Waals surface area contributed by atoms with Gasteiger partial charge in [-0.3, -0.25) is 9.59 Å². The summed E-state index contributed by atoms with van der Waals surface area (Å²) in [6.07, 6.45) is -0.458. The Hall–Kier alpha value is -1.98. The number of hydrogen-bond acceptors (Lipinski definition) is 3. The molecule has 0 fully saturated rings. The van der Waals surface area contributed by atoms with Crippen LogP contribution < -0.4 is 5.32 Å². The summed E-state index contributed by atoms with van der Waals surface area (Å²) in [6, 6.07) is 2.82. The molecule has 0 radical (unpaired) electrons. The molecule has 0 saturated carbocycles. The number of hydrogen-bond donors (Lipinski definition) is 1. The van der Waals surface area contributed by atoms with Gasteiger partial charge in [-0.2, -0.15) is 0 Å². The molecule has 0 bridgehead atoms. The predicted molar refractivity (Wildman–Crippen MR) is 65.4 cm³/mol. The molecule has 0 spiro atoms. The van der Waals surface area contributed by atoms with Gasteiger partial charge >= 0.3 is 5.97 Å². The Morgan fingerprint density at radius 2 is 1.95 bits per heavy atom. The summed E-state index contributed by atoms with van der Waals surface area (Å²) in [5.41, 5.74) is -0.122. The van der Waals surface area contributed by atoms with Gasteiger partial charge in [0.25, 0.3) is 0 Å². The lowest BCUT2D eigenvalue weighted by molar-refractivity contribution is -0.148. The highest BCUT2D eigenvalue weighted by Gasteiger charge is 2.11. The third-order valence-electron chi connectivity index (χ3n) is 2.13. The fraction of sp³-hybridized carbons (Fsp3) is 0.385. The van der Waals surface area contributed by atoms with Gasteiger partial charge in [-0.05, 0) is 26.0 Å². The number of esters is 1. The second-order valence-corrected chi connectivity index (χ2v) is 4.21. The zero-order valence-electron chi connectivity index (χ0n) is 10.7. The summed E-state index contributed by atoms with van der Waals surface area (Å²) >= 11 is 0. The predicted octanol–water partition coefficient (Wildman–Crippen LogP) is 2.64. The van der Waals surface area contributed by atoms with Crippen molar-refractivity contribution in [3.63, 3.8) is 0 Å². The third-order valence-corrected chi connectivity index (χ3v) is 2.13. The molecule has 0 aliphatic carbocycles. The van der Waals surface area contributed by atoms with Crippen molar-refractivity contribution in [2.24, 2.45) is 0 Å². The Labute approximate surface area is 109 Å². The number of carbonyl (C=O) groups is 2. The van der Waals surface area contributed by atoms with Crippen LogP contribution in [-0.2, 0) is 14.3 Å². The van der Waals surface area contributed by atoms with E-state index in [-0.39, 0.29) is 24.6 Å². The van der Waals surface area contributed by atoms with Crippen LogP contribution in [0.4, 0.5) is 14.5 Å². The lowest BCUT2D eigenvalue weighted by atomic mass is 10.2. The molecule has 0 unspecified atom stereocenters. The monoisotopic (exact) mass is 271 g/mol. The van der Waals surface area contributed by atoms with Crippen LogP contribution in [0.25, 0.3) is 0 Å². The smallest absolute Gasteiger partial charge is 0.306 e. The molecular weight excluding hydrogens is 256 g/mol. The standard InChI is InChI=1S/C13H15F2NO3/c1-8(2)19-13(18)6-5-12(17)16-11-4-3-9(14)7-10(11)15/h3-4,7-8H,5-6H2,1-2H3,(H,16,17). The third kappa shape index (κ3) is 5.46. The number of carbonyl (C=O) groups excluding carboxylic acids is 2. The van der Waals surface area contributed by atoms with E-state index in [4.69, 9.17) is 4.74 Å². The van der Waals surface area contributed by atoms with Crippen molar-refractivity contribution in [1.29, 1.82) is 0 Å². The summed E-state index contributed by atoms with van der Waals surface area (Å²) in [7, 11) is 0. The Balaban J connectivity index is 2.45. The SMILES string of the molecule is CC(C)OC(=O)CCC(=O)Nc1ccc(F)cc1F. The van der Waals surface area contributed by atoms with Gasteiger partial charge in [0.1, 0.15) is 11.6 Å². The molecule has 0 aliphatic heterocycles. The molecule has 104 valence electrons. The highest BCUT2D eigenvalue weighted by atomic mass is 19.1. The van der Waals surface area contributed by atoms with Crippen LogP contribution in [0.1, 0.15) is 26.7 Å². The first kappa shape index (κ1) is 15.1. The van der Waals surface area contributed by atoms with E-state index in [0.717, 1.165) is 12.1 Å². The van der Waals surface area contributed by atoms with Crippen molar-refractivity contribution in [2.45, 2.75) is 32.8 Å². The minimum atomic E-state index is -0.863. The van der Waals surface area contributed by atoms with E-state index in [1.165, 1.54) is 0 Å². The van der Waals surface area contributed by atoms with Gasteiger partial charge in [0, 0.05) is 12.5 Å². The zero-order chi connectivity index (χ0) is 14.4. The number of benzene rings is 1. The van der Waals surface area contributed by atoms with E-state index < -0.39 is 23.5 Å². The Bertz CT molecular complexity index is 475. The summed E-state index contributed by atoms with van der Waals surface area (Å²) in [4.78, 5) is 22.7. The Morgan fingerprint density at radius 3 is 2.53 bits per heavy atom. The number of ether oxygens (including phenoxy) is 1. The second-order valence-electron chi connectivity index (χ2n) is 4.21. The van der Waals surface area contributed by atoms with Crippen LogP contribution in [0.5, 0.6) is 0 Å². The van der Waals surface area contributed by atoms with Crippen molar-refractivity contribution in [3.05, 3.63) is 29.8 Å². The van der Waals surface area contributed by atoms with Crippen molar-refractivity contribution >= 4 is 17.6 Å². The minimum Gasteiger partial charge on any atom is -0.463 e. The van der Waals surface area contributed by atoms with Gasteiger partial charge in [0.2, 0.25) is 5.91 Å². The fourth-order valence-corrected chi connectivity index (χ4v) is 1.34. The van der Waals surface area contributed by atoms with Gasteiger partial charge in [0.15, 0.2) is 0 Å². The average molecular weight is 271 g/mol. The van der Waals surface area contributed by atoms with Crippen molar-refractivity contribution in [2.75, 3.05) is 5.32 Å². The van der Waals surface area contributed by atoms with E-state index in [1.54, 1.807) is 13.8 Å². The molecule has 1 amide bonds. The van der Waals surface area contributed by atoms with Crippen LogP contribution in [0.15, 0.2) is 18.2 Å². The molecule has 0 aromatic heterocycles. The first-order valence-electron chi connectivity index (χ1n) is 5.83. The van der Waals surface area contributed by atoms with Gasteiger partial charge in [-0.25, -0.2) is 8.78 Å². The van der Waals surface area contributed by atoms with Crippen LogP contribution in [0.2, 0.25) is 0 Å². The maximum absolute atomic E-state index is 13.2. The highest BCUT2D eigenvalue weighted by Crippen LogP contribution is 2.15. The van der Waals surface area contributed by atoms with Gasteiger partial charge in [-0.15, -0.1) is 0 Å². The first-order chi connectivity index (χ1) is 8.88. The zero-order valence-corrected chi connectivity index (χ0v) is 10.7. The van der Waals surface area contributed by atoms with Crippen molar-refractivity contribution in [3.8, 4) is 0 Å². The van der Waals surface area contributed by atoms with Crippen LogP contribution in [0.3, 0.4) is 0 Å². The van der Waals surface area contributed by atoms with Gasteiger partial charge in [0.05, 0.1) is 18.2 Å². The van der Waals surface area contributed by atoms with E-state index in [9.17, 15) is 18.4 Å². The number of anilines is 1. The minimum absolute atomic E-state index is 0.0904. The Kier molecular flexibility index (Phi) is 5.41. The normalized spacial score (nSPS) is 10.4. The van der Waals surface area contributed by atoms with E-state index in [1.807, 2.05) is 0 Å². The molecule has 1 aromatic carbocycles. The molecule has 0 atom stereocenters. The number of nitrogens with one attached hydrogen (secondary N) is 1. The highest BCUT2D eigenvalue weighted by molar-refractivity contribution is 5.92. The topological polar surface area (TPSA) is 55.4 Å². The van der Waals surface area contributed by atoms with E-state index in [2.05, 4.69) is 5.32 Å². The van der Waals surface area contributed by atoms with Gasteiger partial charge < -0.3 is 10.1 Å². The molecule has 0 aliphatic rings. The van der Waals surface area contributed by atoms with Crippen LogP contribution >= 0.6 is 0 Å². The lowest BCUT2D eigenvalue weighted by Crippen LogP contribution is -2.17. The second kappa shape index (κ2) is 6.82. The van der Waals surface area contributed by atoms with E-state index >= 15 is 0 Å². The fourth-order valence-electron chi connectivity index (χ4n) is 1.34. The quantitative estimate of drug-likeness (QED) is 0.837. The first-order valence-corrected chi connectivity index (χ1v) is 5.83. The number of rotatable bonds is 5. The molecule has 19 heavy (non-hydrogen) atoms. The Morgan fingerprint density at radius 1 is 1.26 bits per heavy atom. The molecule has 4 nitrogen and oxygen atoms in total. The van der Waals surface area contributed by atoms with Gasteiger partial charge in [-0.1, -0.05) is 0 Å². The molecule has 0 heterocycles. The maximum atomic E-state index is 13.2. The summed E-state index contributed by atoms with van der Waals surface area (Å²) < 4.78 is 30.7. The number of amides is 1. The molecule has 1 N–H and O–H groups in total. The van der Waals surface area contributed by atoms with Crippen molar-refractivity contribution < 1.29 is 23.1 Å². The molecule has 1 aromatic rings. The lowest BCUT2D eigenvalue weighted by Gasteiger charge is -2.08. The number of halogens is 2. The molecular formula is C13H15F2NO3. The van der Waals surface area contributed by atoms with Crippen LogP contribution in [0, 0.1) is 11.6 Å². The molecule has 0 saturated heterocycles. The average Bonchev–Trinajstić information content (AvgIpc) is 2.29. The largest absolute Gasteiger partial charge is 0.463 e. The summed E-state index contributed by atoms with van der Waals surface area (Å²) in [5.74, 6) is -2.62.